The second-order valence-corrected chi connectivity index (χ2v) is 13.4. The van der Waals surface area contributed by atoms with Crippen LogP contribution in [0.1, 0.15) is 64.7 Å². The Bertz CT molecular complexity index is 2140. The van der Waals surface area contributed by atoms with Gasteiger partial charge in [0, 0.05) is 61.4 Å². The fraction of sp³-hybridized carbons (Fsp3) is 0.342. The summed E-state index contributed by atoms with van der Waals surface area (Å²) in [6, 6.07) is 7.82. The number of alkyl halides is 5. The van der Waals surface area contributed by atoms with E-state index in [4.69, 9.17) is 4.74 Å². The number of carboxylic acid groups (broad SMARTS) is 1. The number of carbonyl (C=O) groups excluding carboxylic acids is 1. The number of amides is 1. The molecule has 0 radical (unpaired) electrons. The minimum Gasteiger partial charge on any atom is -0.481 e. The molecule has 4 aromatic rings. The van der Waals surface area contributed by atoms with Crippen LogP contribution >= 0.6 is 0 Å². The Hall–Kier alpha value is -5.18. The summed E-state index contributed by atoms with van der Waals surface area (Å²) in [6.45, 7) is 2.94. The summed E-state index contributed by atoms with van der Waals surface area (Å²) in [5.74, 6) is -7.27. The third kappa shape index (κ3) is 7.94. The van der Waals surface area contributed by atoms with E-state index in [0.29, 0.717) is 21.3 Å². The minimum atomic E-state index is -5.03. The van der Waals surface area contributed by atoms with Crippen LogP contribution in [0.5, 0.6) is 11.5 Å². The van der Waals surface area contributed by atoms with Gasteiger partial charge in [0.15, 0.2) is 0 Å². The van der Waals surface area contributed by atoms with Gasteiger partial charge in [-0.25, -0.2) is 17.6 Å². The molecule has 3 aromatic carbocycles. The van der Waals surface area contributed by atoms with Gasteiger partial charge in [0.05, 0.1) is 18.0 Å². The van der Waals surface area contributed by atoms with Gasteiger partial charge < -0.3 is 20.1 Å². The van der Waals surface area contributed by atoms with Gasteiger partial charge >= 0.3 is 12.1 Å². The molecule has 0 aliphatic carbocycles. The lowest BCUT2D eigenvalue weighted by molar-refractivity contribution is -0.139. The van der Waals surface area contributed by atoms with Crippen LogP contribution in [0.4, 0.5) is 30.7 Å². The minimum absolute atomic E-state index is 0.0199. The highest BCUT2D eigenvalue weighted by atomic mass is 19.4. The molecule has 1 saturated heterocycles. The van der Waals surface area contributed by atoms with E-state index in [9.17, 15) is 41.4 Å². The molecule has 2 atom stereocenters. The maximum atomic E-state index is 15.9. The van der Waals surface area contributed by atoms with Crippen LogP contribution in [0.2, 0.25) is 0 Å². The van der Waals surface area contributed by atoms with Gasteiger partial charge in [-0.15, -0.1) is 0 Å². The summed E-state index contributed by atoms with van der Waals surface area (Å²) in [4.78, 5) is 41.6. The lowest BCUT2D eigenvalue weighted by Gasteiger charge is -2.32. The van der Waals surface area contributed by atoms with Crippen molar-refractivity contribution in [1.29, 1.82) is 0 Å². The number of likely N-dealkylation sites (tertiary alicyclic amines) is 1. The number of hydrogen-bond acceptors (Lipinski definition) is 5. The Kier molecular flexibility index (Phi) is 10.2. The van der Waals surface area contributed by atoms with Gasteiger partial charge in [0.1, 0.15) is 29.2 Å². The lowest BCUT2D eigenvalue weighted by atomic mass is 9.92. The predicted octanol–water partition coefficient (Wildman–Crippen LogP) is 7.73. The second kappa shape index (κ2) is 14.3. The van der Waals surface area contributed by atoms with Crippen LogP contribution in [0.3, 0.4) is 0 Å². The normalized spacial score (nSPS) is 18.8. The van der Waals surface area contributed by atoms with E-state index in [1.165, 1.54) is 25.1 Å². The third-order valence-corrected chi connectivity index (χ3v) is 9.65. The molecule has 3 heterocycles. The number of aryl methyl sites for hydroxylation is 2. The summed E-state index contributed by atoms with van der Waals surface area (Å²) in [6.07, 6.45) is -6.47. The Morgan fingerprint density at radius 2 is 1.70 bits per heavy atom. The number of aromatic nitrogens is 1. The Morgan fingerprint density at radius 3 is 2.38 bits per heavy atom. The van der Waals surface area contributed by atoms with Crippen LogP contribution < -0.4 is 15.6 Å². The van der Waals surface area contributed by atoms with Gasteiger partial charge in [-0.1, -0.05) is 12.1 Å². The van der Waals surface area contributed by atoms with Crippen LogP contribution in [0, 0.1) is 25.5 Å². The highest BCUT2D eigenvalue weighted by Gasteiger charge is 2.38. The molecule has 2 aliphatic heterocycles. The molecule has 0 spiro atoms. The first kappa shape index (κ1) is 37.6. The van der Waals surface area contributed by atoms with Crippen LogP contribution in [-0.2, 0) is 22.2 Å². The lowest BCUT2D eigenvalue weighted by Crippen LogP contribution is -2.42. The van der Waals surface area contributed by atoms with Crippen LogP contribution in [0.25, 0.3) is 11.1 Å². The topological polar surface area (TPSA) is 101 Å². The average Bonchev–Trinajstić information content (AvgIpc) is 3.07. The maximum Gasteiger partial charge on any atom is 0.416 e. The number of nitrogens with one attached hydrogen (secondary N) is 1. The molecule has 0 unspecified atom stereocenters. The number of piperidine rings is 1. The predicted molar refractivity (Wildman–Crippen MR) is 179 cm³/mol. The van der Waals surface area contributed by atoms with E-state index in [2.05, 4.69) is 5.32 Å². The number of halogens is 7. The van der Waals surface area contributed by atoms with E-state index in [1.807, 2.05) is 0 Å². The maximum absolute atomic E-state index is 15.9. The number of ether oxygens (including phenoxy) is 1. The van der Waals surface area contributed by atoms with Crippen molar-refractivity contribution >= 4 is 11.9 Å². The molecule has 1 fully saturated rings. The number of carbonyl (C=O) groups is 2. The van der Waals surface area contributed by atoms with Crippen molar-refractivity contribution in [2.24, 2.45) is 0 Å². The number of benzene rings is 3. The van der Waals surface area contributed by atoms with Gasteiger partial charge in [-0.3, -0.25) is 19.0 Å². The van der Waals surface area contributed by atoms with E-state index in [0.717, 1.165) is 18.3 Å². The van der Waals surface area contributed by atoms with Gasteiger partial charge in [-0.2, -0.15) is 13.2 Å². The molecule has 15 heteroatoms. The fourth-order valence-electron chi connectivity index (χ4n) is 6.93. The Labute approximate surface area is 298 Å². The van der Waals surface area contributed by atoms with Crippen LogP contribution in [-0.4, -0.2) is 52.0 Å². The van der Waals surface area contributed by atoms with Crippen molar-refractivity contribution in [1.82, 2.24) is 14.8 Å². The molecule has 1 aromatic heterocycles. The molecular formula is C38H34F7N3O5. The largest absolute Gasteiger partial charge is 0.481 e. The number of hydrogen-bond donors (Lipinski definition) is 2. The summed E-state index contributed by atoms with van der Waals surface area (Å²) < 4.78 is 109. The molecule has 1 amide bonds. The van der Waals surface area contributed by atoms with Crippen molar-refractivity contribution in [3.8, 4) is 22.6 Å². The SMILES string of the molecule is Cc1cc2cc(c1F)[C@@H](CC(=O)O)NC(=O)[C@@H](n1cc(CCN3CCC(F)(F)CC3)c(C(F)(F)F)cc1=O)c1cc(ccc1F)Oc1cccc(C)c1-2. The van der Waals surface area contributed by atoms with E-state index in [1.54, 1.807) is 30.0 Å². The monoisotopic (exact) mass is 745 g/mol. The van der Waals surface area contributed by atoms with Crippen molar-refractivity contribution in [2.75, 3.05) is 19.6 Å². The number of carboxylic acids is 1. The quantitative estimate of drug-likeness (QED) is 0.196. The number of pyridine rings is 1. The Morgan fingerprint density at radius 1 is 0.981 bits per heavy atom. The van der Waals surface area contributed by atoms with Gasteiger partial charge in [-0.05, 0) is 78.9 Å². The highest BCUT2D eigenvalue weighted by molar-refractivity contribution is 5.85. The number of rotatable bonds is 6. The van der Waals surface area contributed by atoms with Gasteiger partial charge in [0.25, 0.3) is 11.5 Å². The molecule has 0 saturated carbocycles. The number of nitrogens with zero attached hydrogens (tertiary/aromatic N) is 2. The van der Waals surface area contributed by atoms with E-state index >= 15 is 8.78 Å². The van der Waals surface area contributed by atoms with Crippen LogP contribution in [0.15, 0.2) is 65.6 Å². The first-order valence-corrected chi connectivity index (χ1v) is 16.7. The van der Waals surface area contributed by atoms with Gasteiger partial charge in [0.2, 0.25) is 5.91 Å². The van der Waals surface area contributed by atoms with Crippen molar-refractivity contribution in [3.05, 3.63) is 116 Å². The molecule has 4 bridgehead atoms. The summed E-state index contributed by atoms with van der Waals surface area (Å²) in [5.41, 5.74) is -2.25. The zero-order chi connectivity index (χ0) is 38.4. The number of aliphatic carboxylic acids is 1. The van der Waals surface area contributed by atoms with E-state index < -0.39 is 89.2 Å². The fourth-order valence-corrected chi connectivity index (χ4v) is 6.93. The van der Waals surface area contributed by atoms with Crippen molar-refractivity contribution in [2.45, 2.75) is 63.7 Å². The molecular weight excluding hydrogens is 711 g/mol. The molecule has 2 N–H and O–H groups in total. The smallest absolute Gasteiger partial charge is 0.416 e. The zero-order valence-corrected chi connectivity index (χ0v) is 28.5. The number of fused-ring (bicyclic) bond motifs is 6. The first-order chi connectivity index (χ1) is 24.9. The highest BCUT2D eigenvalue weighted by Crippen LogP contribution is 2.41. The third-order valence-electron chi connectivity index (χ3n) is 9.65. The first-order valence-electron chi connectivity index (χ1n) is 16.7. The molecule has 280 valence electrons. The van der Waals surface area contributed by atoms with E-state index in [-0.39, 0.29) is 54.7 Å². The molecule has 2 aliphatic rings. The molecule has 8 nitrogen and oxygen atoms in total. The standard InChI is InChI=1S/C38H34F7N3O5/c1-20-4-3-5-30-33(20)23-14-21(2)34(40)26(15-23)29(18-32(50)51)46-36(52)35(25-16-24(53-30)6-7-28(25)39)48-19-22(27(17-31(48)49)38(43,44)45)8-11-47-12-9-37(41,42)10-13-47/h3-7,14-17,19,29,35H,8-13,18H2,1-2H3,(H,46,52)(H,50,51)/t29-,35+/m1/s1. The summed E-state index contributed by atoms with van der Waals surface area (Å²) in [5, 5.41) is 12.3. The second-order valence-electron chi connectivity index (χ2n) is 13.4. The summed E-state index contributed by atoms with van der Waals surface area (Å²) >= 11 is 0. The molecule has 6 rings (SSSR count). The summed E-state index contributed by atoms with van der Waals surface area (Å²) in [7, 11) is 0. The average molecular weight is 746 g/mol. The van der Waals surface area contributed by atoms with Crippen molar-refractivity contribution in [3.63, 3.8) is 0 Å². The Balaban J connectivity index is 1.54. The zero-order valence-electron chi connectivity index (χ0n) is 28.5. The molecule has 53 heavy (non-hydrogen) atoms. The van der Waals surface area contributed by atoms with Crippen molar-refractivity contribution < 1.29 is 50.2 Å².